The SMILES string of the molecule is CCCNC(=O)[C@@H](CC)N(Cc1ccc(OC)cc1)C(=O)CN(c1ccc(OCC)cc1)S(C)(=O)=O. The molecule has 0 aliphatic carbocycles. The largest absolute Gasteiger partial charge is 0.497 e. The van der Waals surface area contributed by atoms with Gasteiger partial charge in [-0.1, -0.05) is 26.0 Å². The highest BCUT2D eigenvalue weighted by atomic mass is 32.2. The minimum Gasteiger partial charge on any atom is -0.497 e. The van der Waals surface area contributed by atoms with Gasteiger partial charge in [-0.25, -0.2) is 8.42 Å². The van der Waals surface area contributed by atoms with E-state index in [0.717, 1.165) is 22.5 Å². The first-order valence-corrected chi connectivity index (χ1v) is 13.9. The summed E-state index contributed by atoms with van der Waals surface area (Å²) in [6, 6.07) is 12.9. The lowest BCUT2D eigenvalue weighted by Gasteiger charge is -2.33. The molecule has 2 aromatic carbocycles. The normalized spacial score (nSPS) is 11.9. The molecule has 1 atom stereocenters. The van der Waals surface area contributed by atoms with Crippen LogP contribution in [0.25, 0.3) is 0 Å². The number of carbonyl (C=O) groups is 2. The van der Waals surface area contributed by atoms with Crippen molar-refractivity contribution in [1.29, 1.82) is 0 Å². The van der Waals surface area contributed by atoms with E-state index in [0.29, 0.717) is 36.8 Å². The Morgan fingerprint density at radius 3 is 2.08 bits per heavy atom. The van der Waals surface area contributed by atoms with Gasteiger partial charge < -0.3 is 19.7 Å². The molecular weight excluding hydrogens is 482 g/mol. The number of carbonyl (C=O) groups excluding carboxylic acids is 2. The van der Waals surface area contributed by atoms with Gasteiger partial charge in [-0.2, -0.15) is 0 Å². The Bertz CT molecular complexity index is 1090. The van der Waals surface area contributed by atoms with Crippen molar-refractivity contribution in [3.05, 3.63) is 54.1 Å². The van der Waals surface area contributed by atoms with Crippen LogP contribution in [0.4, 0.5) is 5.69 Å². The first-order chi connectivity index (χ1) is 17.1. The summed E-state index contributed by atoms with van der Waals surface area (Å²) >= 11 is 0. The molecule has 1 N–H and O–H groups in total. The quantitative estimate of drug-likeness (QED) is 0.411. The van der Waals surface area contributed by atoms with Crippen LogP contribution in [0.5, 0.6) is 11.5 Å². The molecule has 0 aliphatic rings. The molecule has 10 heteroatoms. The van der Waals surface area contributed by atoms with Gasteiger partial charge >= 0.3 is 0 Å². The van der Waals surface area contributed by atoms with Gasteiger partial charge in [-0.05, 0) is 61.7 Å². The van der Waals surface area contributed by atoms with E-state index in [9.17, 15) is 18.0 Å². The Morgan fingerprint density at radius 2 is 1.58 bits per heavy atom. The Kier molecular flexibility index (Phi) is 11.0. The van der Waals surface area contributed by atoms with Crippen LogP contribution in [0.1, 0.15) is 39.2 Å². The van der Waals surface area contributed by atoms with E-state index >= 15 is 0 Å². The first-order valence-electron chi connectivity index (χ1n) is 12.0. The molecule has 0 heterocycles. The van der Waals surface area contributed by atoms with Gasteiger partial charge in [-0.3, -0.25) is 13.9 Å². The second kappa shape index (κ2) is 13.7. The average Bonchev–Trinajstić information content (AvgIpc) is 2.86. The van der Waals surface area contributed by atoms with Crippen molar-refractivity contribution in [1.82, 2.24) is 10.2 Å². The molecule has 36 heavy (non-hydrogen) atoms. The Morgan fingerprint density at radius 1 is 0.972 bits per heavy atom. The molecule has 9 nitrogen and oxygen atoms in total. The van der Waals surface area contributed by atoms with Crippen LogP contribution in [-0.4, -0.2) is 64.2 Å². The third kappa shape index (κ3) is 8.15. The molecule has 2 rings (SSSR count). The van der Waals surface area contributed by atoms with Crippen molar-refractivity contribution in [2.24, 2.45) is 0 Å². The minimum atomic E-state index is -3.79. The van der Waals surface area contributed by atoms with E-state index in [1.807, 2.05) is 32.9 Å². The second-order valence-electron chi connectivity index (χ2n) is 8.28. The van der Waals surface area contributed by atoms with Crippen molar-refractivity contribution in [3.8, 4) is 11.5 Å². The molecule has 0 saturated carbocycles. The number of hydrogen-bond acceptors (Lipinski definition) is 6. The van der Waals surface area contributed by atoms with Gasteiger partial charge in [0.15, 0.2) is 0 Å². The maximum absolute atomic E-state index is 13.6. The maximum Gasteiger partial charge on any atom is 0.244 e. The zero-order valence-corrected chi connectivity index (χ0v) is 22.5. The van der Waals surface area contributed by atoms with Crippen molar-refractivity contribution in [2.45, 2.75) is 46.2 Å². The molecule has 2 aromatic rings. The van der Waals surface area contributed by atoms with Crippen molar-refractivity contribution < 1.29 is 27.5 Å². The smallest absolute Gasteiger partial charge is 0.244 e. The van der Waals surface area contributed by atoms with Gasteiger partial charge in [0, 0.05) is 13.1 Å². The van der Waals surface area contributed by atoms with E-state index in [1.54, 1.807) is 43.5 Å². The Balaban J connectivity index is 2.39. The lowest BCUT2D eigenvalue weighted by molar-refractivity contribution is -0.140. The minimum absolute atomic E-state index is 0.141. The van der Waals surface area contributed by atoms with Gasteiger partial charge in [-0.15, -0.1) is 0 Å². The summed E-state index contributed by atoms with van der Waals surface area (Å²) in [6.07, 6.45) is 2.18. The lowest BCUT2D eigenvalue weighted by atomic mass is 10.1. The summed E-state index contributed by atoms with van der Waals surface area (Å²) in [5.41, 5.74) is 1.13. The molecule has 0 fully saturated rings. The molecular formula is C26H37N3O6S. The molecule has 0 aromatic heterocycles. The first kappa shape index (κ1) is 29.0. The molecule has 0 unspecified atom stereocenters. The number of hydrogen-bond donors (Lipinski definition) is 1. The van der Waals surface area contributed by atoms with Gasteiger partial charge in [0.05, 0.1) is 25.7 Å². The van der Waals surface area contributed by atoms with E-state index in [1.165, 1.54) is 4.90 Å². The number of nitrogens with one attached hydrogen (secondary N) is 1. The highest BCUT2D eigenvalue weighted by Gasteiger charge is 2.31. The molecule has 0 aliphatic heterocycles. The second-order valence-corrected chi connectivity index (χ2v) is 10.2. The predicted octanol–water partition coefficient (Wildman–Crippen LogP) is 3.19. The van der Waals surface area contributed by atoms with Crippen LogP contribution in [0.2, 0.25) is 0 Å². The van der Waals surface area contributed by atoms with Crippen molar-refractivity contribution >= 4 is 27.5 Å². The number of sulfonamides is 1. The number of benzene rings is 2. The zero-order valence-electron chi connectivity index (χ0n) is 21.7. The summed E-state index contributed by atoms with van der Waals surface area (Å²) in [6.45, 7) is 6.29. The van der Waals surface area contributed by atoms with Crippen LogP contribution in [-0.2, 0) is 26.2 Å². The number of anilines is 1. The number of nitrogens with zero attached hydrogens (tertiary/aromatic N) is 2. The number of amides is 2. The fourth-order valence-corrected chi connectivity index (χ4v) is 4.55. The number of ether oxygens (including phenoxy) is 2. The van der Waals surface area contributed by atoms with Gasteiger partial charge in [0.2, 0.25) is 21.8 Å². The van der Waals surface area contributed by atoms with Crippen molar-refractivity contribution in [2.75, 3.05) is 37.4 Å². The summed E-state index contributed by atoms with van der Waals surface area (Å²) in [7, 11) is -2.23. The van der Waals surface area contributed by atoms with Crippen LogP contribution < -0.4 is 19.1 Å². The molecule has 0 radical (unpaired) electrons. The van der Waals surface area contributed by atoms with E-state index in [-0.39, 0.29) is 12.5 Å². The van der Waals surface area contributed by atoms with Crippen LogP contribution in [0.3, 0.4) is 0 Å². The van der Waals surface area contributed by atoms with Gasteiger partial charge in [0.25, 0.3) is 0 Å². The topological polar surface area (TPSA) is 105 Å². The lowest BCUT2D eigenvalue weighted by Crippen LogP contribution is -2.52. The fourth-order valence-electron chi connectivity index (χ4n) is 3.70. The Labute approximate surface area is 214 Å². The monoisotopic (exact) mass is 519 g/mol. The highest BCUT2D eigenvalue weighted by molar-refractivity contribution is 7.92. The third-order valence-corrected chi connectivity index (χ3v) is 6.70. The van der Waals surface area contributed by atoms with Crippen LogP contribution >= 0.6 is 0 Å². The maximum atomic E-state index is 13.6. The summed E-state index contributed by atoms with van der Waals surface area (Å²) in [5, 5.41) is 2.86. The molecule has 2 amide bonds. The molecule has 0 saturated heterocycles. The van der Waals surface area contributed by atoms with Crippen LogP contribution in [0, 0.1) is 0 Å². The zero-order chi connectivity index (χ0) is 26.7. The van der Waals surface area contributed by atoms with Crippen LogP contribution in [0.15, 0.2) is 48.5 Å². The summed E-state index contributed by atoms with van der Waals surface area (Å²) in [5.74, 6) is 0.515. The molecule has 0 bridgehead atoms. The Hall–Kier alpha value is -3.27. The molecule has 0 spiro atoms. The predicted molar refractivity (Wildman–Crippen MR) is 141 cm³/mol. The summed E-state index contributed by atoms with van der Waals surface area (Å²) < 4.78 is 37.0. The standard InChI is InChI=1S/C26H37N3O6S/c1-6-17-27-26(31)24(7-2)28(18-20-9-13-22(34-4)14-10-20)25(30)19-29(36(5,32)33)21-11-15-23(16-12-21)35-8-3/h9-16,24H,6-8,17-19H2,1-5H3,(H,27,31)/t24-/m1/s1. The molecule has 198 valence electrons. The average molecular weight is 520 g/mol. The van der Waals surface area contributed by atoms with E-state index in [2.05, 4.69) is 5.32 Å². The van der Waals surface area contributed by atoms with Crippen molar-refractivity contribution in [3.63, 3.8) is 0 Å². The van der Waals surface area contributed by atoms with E-state index in [4.69, 9.17) is 9.47 Å². The number of rotatable bonds is 14. The fraction of sp³-hybridized carbons (Fsp3) is 0.462. The highest BCUT2D eigenvalue weighted by Crippen LogP contribution is 2.23. The third-order valence-electron chi connectivity index (χ3n) is 5.56. The van der Waals surface area contributed by atoms with E-state index < -0.39 is 28.5 Å². The number of methoxy groups -OCH3 is 1. The summed E-state index contributed by atoms with van der Waals surface area (Å²) in [4.78, 5) is 28.0. The van der Waals surface area contributed by atoms with Gasteiger partial charge in [0.1, 0.15) is 24.1 Å².